The molecule has 0 bridgehead atoms. The van der Waals surface area contributed by atoms with Crippen LogP contribution in [-0.2, 0) is 0 Å². The second kappa shape index (κ2) is 9.67. The van der Waals surface area contributed by atoms with E-state index in [1.165, 1.54) is 10.9 Å². The summed E-state index contributed by atoms with van der Waals surface area (Å²) in [5, 5.41) is 35.8. The number of azo groups is 1. The lowest BCUT2D eigenvalue weighted by Gasteiger charge is -2.19. The van der Waals surface area contributed by atoms with Gasteiger partial charge in [0.05, 0.1) is 22.8 Å². The molecule has 0 saturated carbocycles. The molecule has 5 rings (SSSR count). The van der Waals surface area contributed by atoms with Crippen molar-refractivity contribution in [3.63, 3.8) is 0 Å². The highest BCUT2D eigenvalue weighted by atomic mass is 16.1. The summed E-state index contributed by atoms with van der Waals surface area (Å²) in [6.07, 6.45) is 2.99. The van der Waals surface area contributed by atoms with Gasteiger partial charge in [0.2, 0.25) is 0 Å². The smallest absolute Gasteiger partial charge is 0.323 e. The molecule has 0 atom stereocenters. The summed E-state index contributed by atoms with van der Waals surface area (Å²) in [6, 6.07) is 14.8. The van der Waals surface area contributed by atoms with E-state index in [1.54, 1.807) is 68.5 Å². The second-order valence-corrected chi connectivity index (χ2v) is 8.40. The van der Waals surface area contributed by atoms with Crippen LogP contribution in [0.15, 0.2) is 63.8 Å². The lowest BCUT2D eigenvalue weighted by Crippen LogP contribution is -2.14. The van der Waals surface area contributed by atoms with Gasteiger partial charge in [0.1, 0.15) is 29.2 Å². The minimum atomic E-state index is -0.313. The van der Waals surface area contributed by atoms with Gasteiger partial charge in [-0.3, -0.25) is 0 Å². The molecule has 4 heterocycles. The standard InChI is InChI=1S/C25H20N12O/c1-14-17(12-27)24(36(2)3)33-22(30-16-7-8-18-19(10-16)32-25(38)31-18)21(14)34-35-23-15(11-26)13-29-37(23)20-6-4-5-9-28-20/h4-10,13H,1-3H3,(H,30,33)(H2,31,32,38). The number of pyridine rings is 2. The van der Waals surface area contributed by atoms with E-state index in [0.29, 0.717) is 51.0 Å². The number of nitrogens with one attached hydrogen (secondary N) is 3. The van der Waals surface area contributed by atoms with E-state index in [4.69, 9.17) is 0 Å². The summed E-state index contributed by atoms with van der Waals surface area (Å²) in [6.45, 7) is 1.75. The first kappa shape index (κ1) is 23.9. The Morgan fingerprint density at radius 1 is 1.08 bits per heavy atom. The van der Waals surface area contributed by atoms with Crippen molar-refractivity contribution in [3.05, 3.63) is 76.0 Å². The van der Waals surface area contributed by atoms with Crippen LogP contribution in [0.3, 0.4) is 0 Å². The fourth-order valence-corrected chi connectivity index (χ4v) is 3.85. The van der Waals surface area contributed by atoms with Gasteiger partial charge in [0, 0.05) is 31.5 Å². The fraction of sp³-hybridized carbons (Fsp3) is 0.120. The molecule has 0 spiro atoms. The van der Waals surface area contributed by atoms with Crippen molar-refractivity contribution >= 4 is 39.9 Å². The molecule has 0 amide bonds. The second-order valence-electron chi connectivity index (χ2n) is 8.40. The van der Waals surface area contributed by atoms with Gasteiger partial charge >= 0.3 is 5.69 Å². The van der Waals surface area contributed by atoms with E-state index in [-0.39, 0.29) is 17.1 Å². The molecule has 5 aromatic rings. The molecule has 4 aromatic heterocycles. The van der Waals surface area contributed by atoms with E-state index in [1.807, 2.05) is 0 Å². The Kier molecular flexibility index (Phi) is 6.08. The molecule has 0 aliphatic carbocycles. The maximum Gasteiger partial charge on any atom is 0.323 e. The highest BCUT2D eigenvalue weighted by Gasteiger charge is 2.20. The van der Waals surface area contributed by atoms with Gasteiger partial charge in [-0.25, -0.2) is 14.8 Å². The number of aromatic amines is 2. The highest BCUT2D eigenvalue weighted by molar-refractivity contribution is 5.83. The summed E-state index contributed by atoms with van der Waals surface area (Å²) < 4.78 is 1.41. The Balaban J connectivity index is 1.65. The number of nitriles is 2. The van der Waals surface area contributed by atoms with Crippen LogP contribution in [0.1, 0.15) is 16.7 Å². The van der Waals surface area contributed by atoms with Gasteiger partial charge in [0.15, 0.2) is 17.5 Å². The summed E-state index contributed by atoms with van der Waals surface area (Å²) in [7, 11) is 3.57. The number of aromatic nitrogens is 6. The van der Waals surface area contributed by atoms with Crippen LogP contribution >= 0.6 is 0 Å². The summed E-state index contributed by atoms with van der Waals surface area (Å²) >= 11 is 0. The zero-order valence-corrected chi connectivity index (χ0v) is 20.6. The SMILES string of the molecule is Cc1c(C#N)c(N(C)C)nc(Nc2ccc3[nH]c(=O)[nH]c3c2)c1N=Nc1c(C#N)cnn1-c1ccccn1. The first-order valence-electron chi connectivity index (χ1n) is 11.3. The molecule has 13 heteroatoms. The van der Waals surface area contributed by atoms with E-state index >= 15 is 0 Å². The van der Waals surface area contributed by atoms with Gasteiger partial charge in [-0.1, -0.05) is 6.07 Å². The number of imidazole rings is 1. The van der Waals surface area contributed by atoms with Crippen molar-refractivity contribution in [3.8, 4) is 18.0 Å². The predicted octanol–water partition coefficient (Wildman–Crippen LogP) is 4.11. The molecule has 3 N–H and O–H groups in total. The van der Waals surface area contributed by atoms with Crippen LogP contribution in [0.4, 0.5) is 28.8 Å². The van der Waals surface area contributed by atoms with Crippen LogP contribution in [0.25, 0.3) is 16.9 Å². The number of nitrogens with zero attached hydrogens (tertiary/aromatic N) is 9. The number of hydrogen-bond donors (Lipinski definition) is 3. The third-order valence-electron chi connectivity index (χ3n) is 5.69. The topological polar surface area (TPSA) is 180 Å². The lowest BCUT2D eigenvalue weighted by atomic mass is 10.1. The largest absolute Gasteiger partial charge is 0.362 e. The predicted molar refractivity (Wildman–Crippen MR) is 140 cm³/mol. The Morgan fingerprint density at radius 3 is 2.61 bits per heavy atom. The van der Waals surface area contributed by atoms with Crippen LogP contribution < -0.4 is 15.9 Å². The molecular formula is C25H20N12O. The van der Waals surface area contributed by atoms with Crippen LogP contribution in [0, 0.1) is 29.6 Å². The van der Waals surface area contributed by atoms with Crippen molar-refractivity contribution in [2.24, 2.45) is 10.2 Å². The van der Waals surface area contributed by atoms with Gasteiger partial charge in [0.25, 0.3) is 0 Å². The molecule has 0 fully saturated rings. The summed E-state index contributed by atoms with van der Waals surface area (Å²) in [5.74, 6) is 1.41. The van der Waals surface area contributed by atoms with Gasteiger partial charge in [-0.05, 0) is 37.3 Å². The Bertz CT molecular complexity index is 1830. The minimum Gasteiger partial charge on any atom is -0.362 e. The first-order valence-corrected chi connectivity index (χ1v) is 11.3. The molecule has 0 saturated heterocycles. The van der Waals surface area contributed by atoms with Crippen LogP contribution in [0.5, 0.6) is 0 Å². The van der Waals surface area contributed by atoms with E-state index in [9.17, 15) is 15.3 Å². The zero-order valence-electron chi connectivity index (χ0n) is 20.6. The Morgan fingerprint density at radius 2 is 1.89 bits per heavy atom. The molecule has 0 unspecified atom stereocenters. The average molecular weight is 505 g/mol. The Labute approximate surface area is 215 Å². The monoisotopic (exact) mass is 504 g/mol. The molecule has 38 heavy (non-hydrogen) atoms. The van der Waals surface area contributed by atoms with Crippen molar-refractivity contribution < 1.29 is 0 Å². The van der Waals surface area contributed by atoms with E-state index < -0.39 is 0 Å². The molecule has 186 valence electrons. The van der Waals surface area contributed by atoms with Gasteiger partial charge in [-0.15, -0.1) is 10.2 Å². The van der Waals surface area contributed by atoms with E-state index in [2.05, 4.69) is 52.7 Å². The Hall–Kier alpha value is -5.82. The minimum absolute atomic E-state index is 0.179. The van der Waals surface area contributed by atoms with Crippen molar-refractivity contribution in [2.45, 2.75) is 6.92 Å². The molecule has 0 radical (unpaired) electrons. The average Bonchev–Trinajstić information content (AvgIpc) is 3.50. The molecular weight excluding hydrogens is 484 g/mol. The fourth-order valence-electron chi connectivity index (χ4n) is 3.85. The summed E-state index contributed by atoms with van der Waals surface area (Å²) in [5.41, 5.74) is 2.95. The number of hydrogen-bond acceptors (Lipinski definition) is 10. The van der Waals surface area contributed by atoms with Crippen LogP contribution in [-0.4, -0.2) is 43.8 Å². The normalized spacial score (nSPS) is 11.0. The number of fused-ring (bicyclic) bond motifs is 1. The number of benzene rings is 1. The molecule has 0 aliphatic rings. The summed E-state index contributed by atoms with van der Waals surface area (Å²) in [4.78, 5) is 27.8. The number of H-pyrrole nitrogens is 2. The van der Waals surface area contributed by atoms with Crippen molar-refractivity contribution in [2.75, 3.05) is 24.3 Å². The molecule has 0 aliphatic heterocycles. The zero-order chi connectivity index (χ0) is 26.8. The number of anilines is 3. The van der Waals surface area contributed by atoms with Gasteiger partial charge in [-0.2, -0.15) is 20.3 Å². The van der Waals surface area contributed by atoms with Crippen molar-refractivity contribution in [1.82, 2.24) is 29.7 Å². The van der Waals surface area contributed by atoms with Gasteiger partial charge < -0.3 is 20.2 Å². The third-order valence-corrected chi connectivity index (χ3v) is 5.69. The molecule has 1 aromatic carbocycles. The van der Waals surface area contributed by atoms with Crippen LogP contribution in [0.2, 0.25) is 0 Å². The maximum absolute atomic E-state index is 11.7. The van der Waals surface area contributed by atoms with Crippen molar-refractivity contribution in [1.29, 1.82) is 10.5 Å². The number of rotatable bonds is 6. The first-order chi connectivity index (χ1) is 18.4. The van der Waals surface area contributed by atoms with E-state index in [0.717, 1.165) is 0 Å². The maximum atomic E-state index is 11.7. The highest BCUT2D eigenvalue weighted by Crippen LogP contribution is 2.37. The molecule has 13 nitrogen and oxygen atoms in total. The lowest BCUT2D eigenvalue weighted by molar-refractivity contribution is 0.839. The quantitative estimate of drug-likeness (QED) is 0.289. The third kappa shape index (κ3) is 4.31.